The molecule has 0 aliphatic carbocycles. The molecule has 0 bridgehead atoms. The Bertz CT molecular complexity index is 883. The van der Waals surface area contributed by atoms with Crippen LogP contribution in [0.1, 0.15) is 18.9 Å². The maximum atomic E-state index is 12.1. The summed E-state index contributed by atoms with van der Waals surface area (Å²) in [6.07, 6.45) is 0.731. The fraction of sp³-hybridized carbons (Fsp3) is 0.143. The number of rotatable bonds is 6. The largest absolute Gasteiger partial charge is 0.483 e. The molecule has 0 saturated carbocycles. The molecule has 0 unspecified atom stereocenters. The van der Waals surface area contributed by atoms with Gasteiger partial charge in [0.2, 0.25) is 0 Å². The third-order valence-electron chi connectivity index (χ3n) is 3.87. The van der Waals surface area contributed by atoms with Crippen LogP contribution in [-0.4, -0.2) is 18.2 Å². The van der Waals surface area contributed by atoms with Crippen molar-refractivity contribution >= 4 is 22.4 Å². The zero-order chi connectivity index (χ0) is 17.5. The van der Waals surface area contributed by atoms with Crippen LogP contribution in [0.4, 0.5) is 0 Å². The molecule has 0 aromatic heterocycles. The van der Waals surface area contributed by atoms with Crippen molar-refractivity contribution in [1.29, 1.82) is 0 Å². The molecule has 4 nitrogen and oxygen atoms in total. The molecule has 3 aromatic carbocycles. The summed E-state index contributed by atoms with van der Waals surface area (Å²) >= 11 is 0. The number of benzene rings is 3. The molecular formula is C21H20N2O2. The van der Waals surface area contributed by atoms with E-state index in [-0.39, 0.29) is 12.5 Å². The molecule has 126 valence electrons. The summed E-state index contributed by atoms with van der Waals surface area (Å²) < 4.78 is 5.67. The highest BCUT2D eigenvalue weighted by Gasteiger charge is 2.06. The van der Waals surface area contributed by atoms with Crippen molar-refractivity contribution < 1.29 is 9.53 Å². The summed E-state index contributed by atoms with van der Waals surface area (Å²) in [5.74, 6) is 0.408. The van der Waals surface area contributed by atoms with E-state index in [4.69, 9.17) is 4.74 Å². The molecule has 0 radical (unpaired) electrons. The van der Waals surface area contributed by atoms with Crippen LogP contribution in [0, 0.1) is 0 Å². The highest BCUT2D eigenvalue weighted by Crippen LogP contribution is 2.24. The Morgan fingerprint density at radius 1 is 0.960 bits per heavy atom. The predicted octanol–water partition coefficient (Wildman–Crippen LogP) is 4.15. The molecule has 1 amide bonds. The first-order valence-electron chi connectivity index (χ1n) is 8.29. The Hall–Kier alpha value is -3.14. The van der Waals surface area contributed by atoms with Crippen LogP contribution in [0.15, 0.2) is 77.9 Å². The fourth-order valence-electron chi connectivity index (χ4n) is 2.61. The van der Waals surface area contributed by atoms with Crippen LogP contribution in [0.3, 0.4) is 0 Å². The van der Waals surface area contributed by atoms with Gasteiger partial charge < -0.3 is 4.74 Å². The van der Waals surface area contributed by atoms with Crippen LogP contribution in [0.25, 0.3) is 10.8 Å². The van der Waals surface area contributed by atoms with Gasteiger partial charge in [-0.05, 0) is 23.4 Å². The standard InChI is InChI=1S/C21H20N2O2/c1-2-19(17-10-4-3-5-11-17)22-23-21(24)15-25-20-14-8-12-16-9-6-7-13-18(16)20/h3-14H,2,15H2,1H3,(H,23,24). The number of nitrogens with one attached hydrogen (secondary N) is 1. The quantitative estimate of drug-likeness (QED) is 0.544. The molecular weight excluding hydrogens is 312 g/mol. The molecule has 1 N–H and O–H groups in total. The van der Waals surface area contributed by atoms with E-state index < -0.39 is 0 Å². The van der Waals surface area contributed by atoms with Gasteiger partial charge in [0.25, 0.3) is 5.91 Å². The van der Waals surface area contributed by atoms with Crippen LogP contribution in [-0.2, 0) is 4.79 Å². The van der Waals surface area contributed by atoms with Crippen molar-refractivity contribution in [2.75, 3.05) is 6.61 Å². The lowest BCUT2D eigenvalue weighted by molar-refractivity contribution is -0.123. The van der Waals surface area contributed by atoms with Crippen LogP contribution in [0.5, 0.6) is 5.75 Å². The number of ether oxygens (including phenoxy) is 1. The number of nitrogens with zero attached hydrogens (tertiary/aromatic N) is 1. The fourth-order valence-corrected chi connectivity index (χ4v) is 2.61. The normalized spacial score (nSPS) is 11.3. The minimum absolute atomic E-state index is 0.0801. The van der Waals surface area contributed by atoms with Gasteiger partial charge in [0.15, 0.2) is 6.61 Å². The number of carbonyl (C=O) groups excluding carboxylic acids is 1. The van der Waals surface area contributed by atoms with Gasteiger partial charge in [0.05, 0.1) is 5.71 Å². The summed E-state index contributed by atoms with van der Waals surface area (Å²) in [5, 5.41) is 6.29. The zero-order valence-electron chi connectivity index (χ0n) is 14.1. The number of fused-ring (bicyclic) bond motifs is 1. The second-order valence-corrected chi connectivity index (χ2v) is 5.58. The minimum Gasteiger partial charge on any atom is -0.483 e. The molecule has 4 heteroatoms. The van der Waals surface area contributed by atoms with Gasteiger partial charge >= 0.3 is 0 Å². The van der Waals surface area contributed by atoms with Gasteiger partial charge in [0, 0.05) is 5.39 Å². The van der Waals surface area contributed by atoms with E-state index in [1.54, 1.807) is 0 Å². The van der Waals surface area contributed by atoms with Crippen LogP contribution < -0.4 is 10.2 Å². The van der Waals surface area contributed by atoms with Crippen LogP contribution >= 0.6 is 0 Å². The van der Waals surface area contributed by atoms with Gasteiger partial charge in [-0.25, -0.2) is 5.43 Å². The first kappa shape index (κ1) is 16.7. The number of hydrogen-bond donors (Lipinski definition) is 1. The van der Waals surface area contributed by atoms with Gasteiger partial charge in [-0.1, -0.05) is 73.7 Å². The Labute approximate surface area is 147 Å². The van der Waals surface area contributed by atoms with E-state index in [0.717, 1.165) is 28.5 Å². The first-order valence-corrected chi connectivity index (χ1v) is 8.29. The SMILES string of the molecule is CCC(=NNC(=O)COc1cccc2ccccc12)c1ccccc1. The first-order chi connectivity index (χ1) is 12.3. The van der Waals surface area contributed by atoms with Gasteiger partial charge in [-0.15, -0.1) is 0 Å². The number of hydrogen-bond acceptors (Lipinski definition) is 3. The summed E-state index contributed by atoms with van der Waals surface area (Å²) in [5.41, 5.74) is 4.41. The lowest BCUT2D eigenvalue weighted by Gasteiger charge is -2.09. The second-order valence-electron chi connectivity index (χ2n) is 5.58. The molecule has 0 spiro atoms. The zero-order valence-corrected chi connectivity index (χ0v) is 14.1. The molecule has 0 fully saturated rings. The van der Waals surface area contributed by atoms with Crippen molar-refractivity contribution in [3.63, 3.8) is 0 Å². The predicted molar refractivity (Wildman–Crippen MR) is 101 cm³/mol. The molecule has 25 heavy (non-hydrogen) atoms. The highest BCUT2D eigenvalue weighted by atomic mass is 16.5. The Morgan fingerprint density at radius 2 is 1.68 bits per heavy atom. The van der Waals surface area contributed by atoms with Crippen molar-refractivity contribution in [1.82, 2.24) is 5.43 Å². The van der Waals surface area contributed by atoms with Crippen molar-refractivity contribution in [2.24, 2.45) is 5.10 Å². The lowest BCUT2D eigenvalue weighted by Crippen LogP contribution is -2.26. The lowest BCUT2D eigenvalue weighted by atomic mass is 10.1. The van der Waals surface area contributed by atoms with Crippen LogP contribution in [0.2, 0.25) is 0 Å². The Morgan fingerprint density at radius 3 is 2.48 bits per heavy atom. The molecule has 0 heterocycles. The van der Waals surface area contributed by atoms with E-state index in [1.807, 2.05) is 79.7 Å². The van der Waals surface area contributed by atoms with Crippen molar-refractivity contribution in [3.8, 4) is 5.75 Å². The monoisotopic (exact) mass is 332 g/mol. The molecule has 3 rings (SSSR count). The maximum Gasteiger partial charge on any atom is 0.277 e. The highest BCUT2D eigenvalue weighted by molar-refractivity contribution is 6.00. The van der Waals surface area contributed by atoms with Gasteiger partial charge in [0.1, 0.15) is 5.75 Å². The smallest absolute Gasteiger partial charge is 0.277 e. The second kappa shape index (κ2) is 8.11. The molecule has 0 saturated heterocycles. The minimum atomic E-state index is -0.283. The van der Waals surface area contributed by atoms with E-state index in [9.17, 15) is 4.79 Å². The number of hydrazone groups is 1. The Kier molecular flexibility index (Phi) is 5.42. The summed E-state index contributed by atoms with van der Waals surface area (Å²) in [7, 11) is 0. The number of carbonyl (C=O) groups is 1. The van der Waals surface area contributed by atoms with Gasteiger partial charge in [-0.2, -0.15) is 5.10 Å². The summed E-state index contributed by atoms with van der Waals surface area (Å²) in [6, 6.07) is 23.5. The third-order valence-corrected chi connectivity index (χ3v) is 3.87. The van der Waals surface area contributed by atoms with E-state index >= 15 is 0 Å². The summed E-state index contributed by atoms with van der Waals surface area (Å²) in [4.78, 5) is 12.1. The molecule has 0 aliphatic heterocycles. The van der Waals surface area contributed by atoms with Crippen molar-refractivity contribution in [2.45, 2.75) is 13.3 Å². The van der Waals surface area contributed by atoms with Crippen molar-refractivity contribution in [3.05, 3.63) is 78.4 Å². The molecule has 3 aromatic rings. The summed E-state index contributed by atoms with van der Waals surface area (Å²) in [6.45, 7) is 1.92. The maximum absolute atomic E-state index is 12.1. The third kappa shape index (κ3) is 4.23. The average molecular weight is 332 g/mol. The van der Waals surface area contributed by atoms with E-state index in [2.05, 4.69) is 10.5 Å². The molecule has 0 atom stereocenters. The topological polar surface area (TPSA) is 50.7 Å². The van der Waals surface area contributed by atoms with Gasteiger partial charge in [-0.3, -0.25) is 4.79 Å². The molecule has 0 aliphatic rings. The Balaban J connectivity index is 1.64. The average Bonchev–Trinajstić information content (AvgIpc) is 2.67. The van der Waals surface area contributed by atoms with E-state index in [1.165, 1.54) is 0 Å². The van der Waals surface area contributed by atoms with E-state index in [0.29, 0.717) is 5.75 Å². The number of amides is 1.